The molecule has 1 saturated carbocycles. The van der Waals surface area contributed by atoms with E-state index in [1.54, 1.807) is 10.6 Å². The maximum absolute atomic E-state index is 12.4. The van der Waals surface area contributed by atoms with Gasteiger partial charge in [-0.3, -0.25) is 14.9 Å². The molecule has 6 nitrogen and oxygen atoms in total. The van der Waals surface area contributed by atoms with E-state index in [1.807, 2.05) is 0 Å². The smallest absolute Gasteiger partial charge is 0.411 e. The molecule has 0 bridgehead atoms. The molecule has 1 fully saturated rings. The highest BCUT2D eigenvalue weighted by Crippen LogP contribution is 2.48. The monoisotopic (exact) mass is 268 g/mol. The van der Waals surface area contributed by atoms with Gasteiger partial charge in [0.1, 0.15) is 5.54 Å². The van der Waals surface area contributed by atoms with Crippen molar-refractivity contribution in [3.63, 3.8) is 0 Å². The Bertz CT molecular complexity index is 376. The Morgan fingerprint density at radius 1 is 1.17 bits per heavy atom. The van der Waals surface area contributed by atoms with Crippen LogP contribution in [0, 0.1) is 0 Å². The molecule has 0 aromatic heterocycles. The number of carboxylic acid groups (broad SMARTS) is 1. The van der Waals surface area contributed by atoms with Crippen LogP contribution in [0.5, 0.6) is 0 Å². The number of aliphatic carboxylic acids is 1. The molecule has 102 valence electrons. The van der Waals surface area contributed by atoms with Crippen LogP contribution in [0.4, 0.5) is 18.0 Å². The van der Waals surface area contributed by atoms with Crippen LogP contribution < -0.4 is 10.6 Å². The van der Waals surface area contributed by atoms with Crippen molar-refractivity contribution in [1.29, 1.82) is 0 Å². The molecule has 0 unspecified atom stereocenters. The predicted octanol–water partition coefficient (Wildman–Crippen LogP) is 0.772. The van der Waals surface area contributed by atoms with Crippen molar-refractivity contribution in [1.82, 2.24) is 10.6 Å². The molecule has 0 aromatic rings. The number of hydrogen-bond donors (Lipinski definition) is 3. The largest absolute Gasteiger partial charge is 0.481 e. The first-order valence-electron chi connectivity index (χ1n) is 5.07. The highest BCUT2D eigenvalue weighted by Gasteiger charge is 2.64. The summed E-state index contributed by atoms with van der Waals surface area (Å²) >= 11 is 0. The Morgan fingerprint density at radius 2 is 1.72 bits per heavy atom. The third-order valence-corrected chi connectivity index (χ3v) is 2.46. The first-order chi connectivity index (χ1) is 8.16. The van der Waals surface area contributed by atoms with Gasteiger partial charge >= 0.3 is 18.2 Å². The fourth-order valence-corrected chi connectivity index (χ4v) is 1.26. The number of halogens is 3. The van der Waals surface area contributed by atoms with Gasteiger partial charge in [0.25, 0.3) is 0 Å². The summed E-state index contributed by atoms with van der Waals surface area (Å²) in [6.07, 6.45) is -5.99. The highest BCUT2D eigenvalue weighted by atomic mass is 19.4. The Balaban J connectivity index is 2.39. The lowest BCUT2D eigenvalue weighted by Gasteiger charge is -2.20. The van der Waals surface area contributed by atoms with E-state index in [0.29, 0.717) is 0 Å². The maximum atomic E-state index is 12.4. The quantitative estimate of drug-likeness (QED) is 0.701. The standard InChI is InChI=1S/C9H11F3N2O4/c10-9(11,12)8(3-4-8)14-7(18)13-5(15)1-2-6(16)17/h1-4H2,(H,16,17)(H2,13,14,15,18). The third-order valence-electron chi connectivity index (χ3n) is 2.46. The minimum absolute atomic E-state index is 0.229. The van der Waals surface area contributed by atoms with Gasteiger partial charge in [-0.05, 0) is 12.8 Å². The van der Waals surface area contributed by atoms with Crippen LogP contribution in [0.2, 0.25) is 0 Å². The molecule has 0 heterocycles. The molecule has 1 aliphatic carbocycles. The van der Waals surface area contributed by atoms with Crippen molar-refractivity contribution in [2.45, 2.75) is 37.4 Å². The summed E-state index contributed by atoms with van der Waals surface area (Å²) in [6.45, 7) is 0. The van der Waals surface area contributed by atoms with Gasteiger partial charge in [-0.25, -0.2) is 4.79 Å². The molecule has 1 aliphatic rings. The van der Waals surface area contributed by atoms with Crippen LogP contribution in [-0.2, 0) is 9.59 Å². The summed E-state index contributed by atoms with van der Waals surface area (Å²) in [4.78, 5) is 32.2. The second-order valence-electron chi connectivity index (χ2n) is 3.98. The SMILES string of the molecule is O=C(O)CCC(=O)NC(=O)NC1(C(F)(F)F)CC1. The minimum Gasteiger partial charge on any atom is -0.481 e. The van der Waals surface area contributed by atoms with E-state index in [2.05, 4.69) is 0 Å². The Kier molecular flexibility index (Phi) is 3.82. The molecular weight excluding hydrogens is 257 g/mol. The van der Waals surface area contributed by atoms with Crippen LogP contribution in [0.3, 0.4) is 0 Å². The fourth-order valence-electron chi connectivity index (χ4n) is 1.26. The summed E-state index contributed by atoms with van der Waals surface area (Å²) in [5.41, 5.74) is -2.25. The van der Waals surface area contributed by atoms with Crippen molar-refractivity contribution in [2.24, 2.45) is 0 Å². The molecule has 1 rings (SSSR count). The zero-order chi connectivity index (χ0) is 14.0. The fraction of sp³-hybridized carbons (Fsp3) is 0.667. The van der Waals surface area contributed by atoms with E-state index in [9.17, 15) is 27.6 Å². The molecule has 0 atom stereocenters. The van der Waals surface area contributed by atoms with Crippen molar-refractivity contribution in [3.05, 3.63) is 0 Å². The first kappa shape index (κ1) is 14.3. The van der Waals surface area contributed by atoms with Gasteiger partial charge in [-0.2, -0.15) is 13.2 Å². The number of nitrogens with one attached hydrogen (secondary N) is 2. The lowest BCUT2D eigenvalue weighted by Crippen LogP contribution is -2.52. The average molecular weight is 268 g/mol. The maximum Gasteiger partial charge on any atom is 0.411 e. The molecule has 0 spiro atoms. The molecule has 0 aromatic carbocycles. The van der Waals surface area contributed by atoms with Gasteiger partial charge in [0.15, 0.2) is 0 Å². The molecule has 3 amide bonds. The number of carbonyl (C=O) groups excluding carboxylic acids is 2. The number of amides is 3. The molecular formula is C9H11F3N2O4. The summed E-state index contributed by atoms with van der Waals surface area (Å²) in [7, 11) is 0. The van der Waals surface area contributed by atoms with Crippen LogP contribution in [0.15, 0.2) is 0 Å². The molecule has 18 heavy (non-hydrogen) atoms. The number of carboxylic acids is 1. The Morgan fingerprint density at radius 3 is 2.11 bits per heavy atom. The summed E-state index contributed by atoms with van der Waals surface area (Å²) in [5.74, 6) is -2.17. The molecule has 0 radical (unpaired) electrons. The number of rotatable bonds is 4. The van der Waals surface area contributed by atoms with Crippen molar-refractivity contribution < 1.29 is 32.7 Å². The lowest BCUT2D eigenvalue weighted by molar-refractivity contribution is -0.162. The van der Waals surface area contributed by atoms with E-state index in [4.69, 9.17) is 5.11 Å². The van der Waals surface area contributed by atoms with Gasteiger partial charge in [-0.15, -0.1) is 0 Å². The summed E-state index contributed by atoms with van der Waals surface area (Å²) < 4.78 is 37.3. The van der Waals surface area contributed by atoms with Crippen LogP contribution in [0.1, 0.15) is 25.7 Å². The number of alkyl halides is 3. The van der Waals surface area contributed by atoms with Gasteiger partial charge in [0.05, 0.1) is 6.42 Å². The van der Waals surface area contributed by atoms with Crippen LogP contribution in [0.25, 0.3) is 0 Å². The van der Waals surface area contributed by atoms with E-state index in [1.165, 1.54) is 0 Å². The number of carbonyl (C=O) groups is 3. The first-order valence-corrected chi connectivity index (χ1v) is 5.07. The zero-order valence-electron chi connectivity index (χ0n) is 9.13. The van der Waals surface area contributed by atoms with E-state index < -0.39 is 42.5 Å². The van der Waals surface area contributed by atoms with Gasteiger partial charge in [0.2, 0.25) is 5.91 Å². The molecule has 0 aliphatic heterocycles. The molecule has 3 N–H and O–H groups in total. The second kappa shape index (κ2) is 4.83. The van der Waals surface area contributed by atoms with Crippen molar-refractivity contribution >= 4 is 17.9 Å². The Hall–Kier alpha value is -1.80. The summed E-state index contributed by atoms with van der Waals surface area (Å²) in [5, 5.41) is 11.6. The van der Waals surface area contributed by atoms with E-state index in [-0.39, 0.29) is 12.8 Å². The lowest BCUT2D eigenvalue weighted by atomic mass is 10.2. The van der Waals surface area contributed by atoms with Gasteiger partial charge in [0, 0.05) is 6.42 Å². The van der Waals surface area contributed by atoms with E-state index in [0.717, 1.165) is 0 Å². The van der Waals surface area contributed by atoms with Gasteiger partial charge < -0.3 is 10.4 Å². The van der Waals surface area contributed by atoms with Crippen molar-refractivity contribution in [2.75, 3.05) is 0 Å². The average Bonchev–Trinajstić information content (AvgIpc) is 2.94. The number of imide groups is 1. The highest BCUT2D eigenvalue weighted by molar-refractivity contribution is 5.95. The predicted molar refractivity (Wildman–Crippen MR) is 51.6 cm³/mol. The number of hydrogen-bond acceptors (Lipinski definition) is 3. The van der Waals surface area contributed by atoms with Crippen LogP contribution >= 0.6 is 0 Å². The molecule has 0 saturated heterocycles. The van der Waals surface area contributed by atoms with Gasteiger partial charge in [-0.1, -0.05) is 0 Å². The van der Waals surface area contributed by atoms with E-state index >= 15 is 0 Å². The van der Waals surface area contributed by atoms with Crippen LogP contribution in [-0.4, -0.2) is 34.7 Å². The Labute approximate surface area is 99.5 Å². The normalized spacial score (nSPS) is 16.8. The second-order valence-corrected chi connectivity index (χ2v) is 3.98. The third kappa shape index (κ3) is 3.60. The van der Waals surface area contributed by atoms with Crippen molar-refractivity contribution in [3.8, 4) is 0 Å². The molecule has 9 heteroatoms. The summed E-state index contributed by atoms with van der Waals surface area (Å²) in [6, 6.07) is -1.26. The topological polar surface area (TPSA) is 95.5 Å². The zero-order valence-corrected chi connectivity index (χ0v) is 9.13. The minimum atomic E-state index is -4.56. The number of urea groups is 1.